The fourth-order valence-corrected chi connectivity index (χ4v) is 4.68. The zero-order valence-electron chi connectivity index (χ0n) is 12.8. The van der Waals surface area contributed by atoms with Gasteiger partial charge in [0.1, 0.15) is 0 Å². The van der Waals surface area contributed by atoms with E-state index in [4.69, 9.17) is 5.73 Å². The molecule has 3 N–H and O–H groups in total. The molecule has 118 valence electrons. The molecule has 1 unspecified atom stereocenters. The second kappa shape index (κ2) is 5.95. The Hall–Kier alpha value is -1.10. The van der Waals surface area contributed by atoms with E-state index < -0.39 is 0 Å². The lowest BCUT2D eigenvalue weighted by Gasteiger charge is -2.43. The van der Waals surface area contributed by atoms with Crippen molar-refractivity contribution in [3.05, 3.63) is 0 Å². The van der Waals surface area contributed by atoms with E-state index in [1.54, 1.807) is 0 Å². The summed E-state index contributed by atoms with van der Waals surface area (Å²) in [7, 11) is 0. The molecule has 2 heterocycles. The van der Waals surface area contributed by atoms with Gasteiger partial charge in [0.05, 0.1) is 5.41 Å². The summed E-state index contributed by atoms with van der Waals surface area (Å²) in [6.07, 6.45) is 7.06. The molecule has 3 fully saturated rings. The molecule has 0 bridgehead atoms. The van der Waals surface area contributed by atoms with Crippen molar-refractivity contribution in [2.45, 2.75) is 44.9 Å². The molecular weight excluding hydrogens is 266 g/mol. The summed E-state index contributed by atoms with van der Waals surface area (Å²) in [4.78, 5) is 26.3. The maximum atomic E-state index is 13.2. The van der Waals surface area contributed by atoms with Gasteiger partial charge in [-0.3, -0.25) is 9.59 Å². The van der Waals surface area contributed by atoms with Crippen molar-refractivity contribution in [3.8, 4) is 0 Å². The van der Waals surface area contributed by atoms with E-state index in [1.807, 2.05) is 4.90 Å². The number of carbonyl (C=O) groups excluding carboxylic acids is 2. The molecule has 3 rings (SSSR count). The number of fused-ring (bicyclic) bond motifs is 1. The molecule has 0 aromatic carbocycles. The van der Waals surface area contributed by atoms with Crippen molar-refractivity contribution in [3.63, 3.8) is 0 Å². The van der Waals surface area contributed by atoms with Crippen LogP contribution < -0.4 is 11.1 Å². The third-order valence-electron chi connectivity index (χ3n) is 5.76. The molecule has 21 heavy (non-hydrogen) atoms. The van der Waals surface area contributed by atoms with Gasteiger partial charge in [-0.1, -0.05) is 12.8 Å². The number of piperidine rings is 1. The maximum Gasteiger partial charge on any atom is 0.230 e. The molecule has 5 nitrogen and oxygen atoms in total. The van der Waals surface area contributed by atoms with Crippen LogP contribution in [0, 0.1) is 17.3 Å². The zero-order valence-corrected chi connectivity index (χ0v) is 12.8. The third kappa shape index (κ3) is 2.80. The molecule has 1 saturated carbocycles. The molecule has 3 aliphatic rings. The second-order valence-electron chi connectivity index (χ2n) is 7.16. The van der Waals surface area contributed by atoms with Crippen LogP contribution in [0.25, 0.3) is 0 Å². The van der Waals surface area contributed by atoms with E-state index in [0.717, 1.165) is 45.4 Å². The first-order valence-corrected chi connectivity index (χ1v) is 8.40. The Morgan fingerprint density at radius 2 is 2.10 bits per heavy atom. The quantitative estimate of drug-likeness (QED) is 0.811. The summed E-state index contributed by atoms with van der Waals surface area (Å²) in [6.45, 7) is 3.40. The van der Waals surface area contributed by atoms with Crippen LogP contribution in [0.15, 0.2) is 0 Å². The minimum absolute atomic E-state index is 0.160. The number of primary amides is 1. The highest BCUT2D eigenvalue weighted by Crippen LogP contribution is 2.45. The smallest absolute Gasteiger partial charge is 0.230 e. The summed E-state index contributed by atoms with van der Waals surface area (Å²) in [6, 6.07) is 0. The molecule has 0 aromatic rings. The first-order chi connectivity index (χ1) is 10.1. The number of carbonyl (C=O) groups is 2. The largest absolute Gasteiger partial charge is 0.370 e. The lowest BCUT2D eigenvalue weighted by molar-refractivity contribution is -0.147. The van der Waals surface area contributed by atoms with Crippen molar-refractivity contribution >= 4 is 11.8 Å². The van der Waals surface area contributed by atoms with Crippen molar-refractivity contribution < 1.29 is 9.59 Å². The average molecular weight is 293 g/mol. The van der Waals surface area contributed by atoms with Crippen LogP contribution in [0.5, 0.6) is 0 Å². The Balaban J connectivity index is 1.70. The Kier molecular flexibility index (Phi) is 4.20. The standard InChI is InChI=1S/C16H27N3O2/c17-14(20)8-12-4-3-7-19(10-12)15(21)16-6-2-1-5-13(16)9-18-11-16/h12-13,18H,1-11H2,(H2,17,20)/t12?,13-,16+/m0/s1. The topological polar surface area (TPSA) is 75.4 Å². The maximum absolute atomic E-state index is 13.2. The van der Waals surface area contributed by atoms with Crippen LogP contribution in [0.2, 0.25) is 0 Å². The Labute approximate surface area is 126 Å². The van der Waals surface area contributed by atoms with E-state index in [0.29, 0.717) is 18.2 Å². The third-order valence-corrected chi connectivity index (χ3v) is 5.76. The van der Waals surface area contributed by atoms with Crippen molar-refractivity contribution in [2.24, 2.45) is 23.0 Å². The zero-order chi connectivity index (χ0) is 14.9. The highest BCUT2D eigenvalue weighted by molar-refractivity contribution is 5.84. The summed E-state index contributed by atoms with van der Waals surface area (Å²) >= 11 is 0. The molecular formula is C16H27N3O2. The van der Waals surface area contributed by atoms with Crippen LogP contribution in [0.3, 0.4) is 0 Å². The van der Waals surface area contributed by atoms with Crippen LogP contribution in [0.4, 0.5) is 0 Å². The molecule has 2 saturated heterocycles. The SMILES string of the molecule is NC(=O)CC1CCCN(C(=O)[C@@]23CCCC[C@H]2CNC3)C1. The van der Waals surface area contributed by atoms with Gasteiger partial charge < -0.3 is 16.0 Å². The normalized spacial score (nSPS) is 36.3. The molecule has 5 heteroatoms. The van der Waals surface area contributed by atoms with Crippen LogP contribution in [-0.2, 0) is 9.59 Å². The summed E-state index contributed by atoms with van der Waals surface area (Å²) in [5.41, 5.74) is 5.16. The van der Waals surface area contributed by atoms with Gasteiger partial charge >= 0.3 is 0 Å². The van der Waals surface area contributed by atoms with Gasteiger partial charge in [0.2, 0.25) is 11.8 Å². The predicted molar refractivity (Wildman–Crippen MR) is 80.4 cm³/mol. The van der Waals surface area contributed by atoms with E-state index in [1.165, 1.54) is 19.3 Å². The van der Waals surface area contributed by atoms with Crippen LogP contribution in [0.1, 0.15) is 44.9 Å². The summed E-state index contributed by atoms with van der Waals surface area (Å²) in [5.74, 6) is 0.861. The van der Waals surface area contributed by atoms with Crippen LogP contribution in [-0.4, -0.2) is 42.9 Å². The minimum Gasteiger partial charge on any atom is -0.370 e. The van der Waals surface area contributed by atoms with Gasteiger partial charge in [-0.05, 0) is 44.1 Å². The minimum atomic E-state index is -0.245. The molecule has 2 amide bonds. The van der Waals surface area contributed by atoms with E-state index in [2.05, 4.69) is 5.32 Å². The number of hydrogen-bond acceptors (Lipinski definition) is 3. The van der Waals surface area contributed by atoms with E-state index in [9.17, 15) is 9.59 Å². The van der Waals surface area contributed by atoms with Crippen molar-refractivity contribution in [2.75, 3.05) is 26.2 Å². The Morgan fingerprint density at radius 3 is 2.90 bits per heavy atom. The van der Waals surface area contributed by atoms with Crippen molar-refractivity contribution in [1.29, 1.82) is 0 Å². The van der Waals surface area contributed by atoms with Gasteiger partial charge in [-0.2, -0.15) is 0 Å². The van der Waals surface area contributed by atoms with E-state index >= 15 is 0 Å². The number of nitrogens with two attached hydrogens (primary N) is 1. The van der Waals surface area contributed by atoms with Crippen LogP contribution >= 0.6 is 0 Å². The number of nitrogens with zero attached hydrogens (tertiary/aromatic N) is 1. The molecule has 3 atom stereocenters. The van der Waals surface area contributed by atoms with Gasteiger partial charge in [-0.25, -0.2) is 0 Å². The molecule has 1 aliphatic carbocycles. The monoisotopic (exact) mass is 293 g/mol. The van der Waals surface area contributed by atoms with Gasteiger partial charge in [0, 0.05) is 26.1 Å². The van der Waals surface area contributed by atoms with Crippen molar-refractivity contribution in [1.82, 2.24) is 10.2 Å². The Bertz CT molecular complexity index is 426. The average Bonchev–Trinajstić information content (AvgIpc) is 2.91. The molecule has 0 radical (unpaired) electrons. The summed E-state index contributed by atoms with van der Waals surface area (Å²) < 4.78 is 0. The number of rotatable bonds is 3. The Morgan fingerprint density at radius 1 is 1.24 bits per heavy atom. The fraction of sp³-hybridized carbons (Fsp3) is 0.875. The first-order valence-electron chi connectivity index (χ1n) is 8.40. The number of amides is 2. The fourth-order valence-electron chi connectivity index (χ4n) is 4.68. The highest BCUT2D eigenvalue weighted by atomic mass is 16.2. The number of nitrogens with one attached hydrogen (secondary N) is 1. The van der Waals surface area contributed by atoms with Gasteiger partial charge in [0.25, 0.3) is 0 Å². The first kappa shape index (κ1) is 14.8. The lowest BCUT2D eigenvalue weighted by atomic mass is 9.67. The molecule has 2 aliphatic heterocycles. The van der Waals surface area contributed by atoms with E-state index in [-0.39, 0.29) is 17.2 Å². The van der Waals surface area contributed by atoms with Gasteiger partial charge in [-0.15, -0.1) is 0 Å². The lowest BCUT2D eigenvalue weighted by Crippen LogP contribution is -2.52. The highest BCUT2D eigenvalue weighted by Gasteiger charge is 2.51. The number of hydrogen-bond donors (Lipinski definition) is 2. The molecule has 0 aromatic heterocycles. The number of likely N-dealkylation sites (tertiary alicyclic amines) is 1. The molecule has 0 spiro atoms. The predicted octanol–water partition coefficient (Wildman–Crippen LogP) is 0.880. The summed E-state index contributed by atoms with van der Waals surface area (Å²) in [5, 5.41) is 3.45. The second-order valence-corrected chi connectivity index (χ2v) is 7.16. The van der Waals surface area contributed by atoms with Gasteiger partial charge in [0.15, 0.2) is 0 Å².